The van der Waals surface area contributed by atoms with E-state index in [2.05, 4.69) is 35.3 Å². The van der Waals surface area contributed by atoms with Gasteiger partial charge in [-0.05, 0) is 49.4 Å². The molecule has 0 bridgehead atoms. The highest BCUT2D eigenvalue weighted by atomic mass is 16.1. The maximum absolute atomic E-state index is 12.7. The van der Waals surface area contributed by atoms with Crippen LogP contribution < -0.4 is 5.32 Å². The first kappa shape index (κ1) is 22.3. The van der Waals surface area contributed by atoms with E-state index >= 15 is 0 Å². The van der Waals surface area contributed by atoms with E-state index in [0.717, 1.165) is 28.2 Å². The van der Waals surface area contributed by atoms with Crippen molar-refractivity contribution < 1.29 is 4.79 Å². The fraction of sp³-hybridized carbons (Fsp3) is 0.115. The van der Waals surface area contributed by atoms with E-state index in [9.17, 15) is 4.79 Å². The maximum atomic E-state index is 12.7. The summed E-state index contributed by atoms with van der Waals surface area (Å²) in [6.45, 7) is 1.92. The first-order chi connectivity index (χ1) is 18.0. The van der Waals surface area contributed by atoms with E-state index in [0.29, 0.717) is 28.5 Å². The van der Waals surface area contributed by atoms with Gasteiger partial charge in [0.2, 0.25) is 5.91 Å². The SMILES string of the molecule is Cc1cn(-c2ncnc3[nH]c(-c4ccc(NC(=O)Cc5cc(-c6cccnc6)nn5C)cc4)nc23)cn1. The molecule has 0 unspecified atom stereocenters. The summed E-state index contributed by atoms with van der Waals surface area (Å²) in [6.07, 6.45) is 8.75. The quantitative estimate of drug-likeness (QED) is 0.365. The molecule has 0 fully saturated rings. The number of rotatable bonds is 6. The summed E-state index contributed by atoms with van der Waals surface area (Å²) in [7, 11) is 1.83. The van der Waals surface area contributed by atoms with Crippen LogP contribution in [0.1, 0.15) is 11.4 Å². The summed E-state index contributed by atoms with van der Waals surface area (Å²) in [5.41, 5.74) is 6.21. The zero-order chi connectivity index (χ0) is 25.4. The van der Waals surface area contributed by atoms with Crippen molar-refractivity contribution in [2.45, 2.75) is 13.3 Å². The predicted octanol–water partition coefficient (Wildman–Crippen LogP) is 3.49. The number of hydrogen-bond acceptors (Lipinski definition) is 7. The Labute approximate surface area is 211 Å². The normalized spacial score (nSPS) is 11.2. The van der Waals surface area contributed by atoms with Crippen molar-refractivity contribution in [3.05, 3.63) is 85.1 Å². The van der Waals surface area contributed by atoms with Crippen LogP contribution >= 0.6 is 0 Å². The van der Waals surface area contributed by atoms with E-state index in [4.69, 9.17) is 4.98 Å². The van der Waals surface area contributed by atoms with Gasteiger partial charge in [-0.15, -0.1) is 0 Å². The monoisotopic (exact) mass is 490 g/mol. The Kier molecular flexibility index (Phi) is 5.49. The van der Waals surface area contributed by atoms with Crippen LogP contribution in [0.15, 0.2) is 73.7 Å². The molecular weight excluding hydrogens is 468 g/mol. The lowest BCUT2D eigenvalue weighted by atomic mass is 10.1. The summed E-state index contributed by atoms with van der Waals surface area (Å²) < 4.78 is 3.54. The van der Waals surface area contributed by atoms with Crippen molar-refractivity contribution in [1.29, 1.82) is 0 Å². The summed E-state index contributed by atoms with van der Waals surface area (Å²) in [6, 6.07) is 13.2. The average Bonchev–Trinajstić information content (AvgIpc) is 3.63. The number of carbonyl (C=O) groups excluding carboxylic acids is 1. The first-order valence-electron chi connectivity index (χ1n) is 11.6. The number of H-pyrrole nitrogens is 1. The summed E-state index contributed by atoms with van der Waals surface area (Å²) >= 11 is 0. The van der Waals surface area contributed by atoms with Gasteiger partial charge in [-0.25, -0.2) is 19.9 Å². The standard InChI is InChI=1S/C26H22N10O/c1-16-13-36(15-30-16)26-23-25(28-14-29-26)33-24(32-23)17-5-7-19(8-6-17)31-22(37)11-20-10-21(34-35(20)2)18-4-3-9-27-12-18/h3-10,12-15H,11H2,1-2H3,(H,31,37)(H,28,29,32,33). The summed E-state index contributed by atoms with van der Waals surface area (Å²) in [5.74, 6) is 1.18. The van der Waals surface area contributed by atoms with Crippen LogP contribution in [-0.4, -0.2) is 50.2 Å². The second-order valence-corrected chi connectivity index (χ2v) is 8.59. The molecule has 5 heterocycles. The van der Waals surface area contributed by atoms with Crippen LogP contribution in [-0.2, 0) is 18.3 Å². The molecule has 0 atom stereocenters. The zero-order valence-corrected chi connectivity index (χ0v) is 20.1. The molecule has 0 aliphatic heterocycles. The van der Waals surface area contributed by atoms with Crippen LogP contribution in [0.5, 0.6) is 0 Å². The van der Waals surface area contributed by atoms with Crippen molar-refractivity contribution in [3.63, 3.8) is 0 Å². The number of benzene rings is 1. The third-order valence-electron chi connectivity index (χ3n) is 5.94. The van der Waals surface area contributed by atoms with Crippen LogP contribution in [0.3, 0.4) is 0 Å². The zero-order valence-electron chi connectivity index (χ0n) is 20.1. The Bertz CT molecular complexity index is 1710. The molecule has 6 rings (SSSR count). The Morgan fingerprint density at radius 1 is 1.08 bits per heavy atom. The highest BCUT2D eigenvalue weighted by Gasteiger charge is 2.14. The number of amides is 1. The molecule has 0 aliphatic rings. The fourth-order valence-corrected chi connectivity index (χ4v) is 4.09. The number of carbonyl (C=O) groups is 1. The highest BCUT2D eigenvalue weighted by molar-refractivity contribution is 5.92. The number of imidazole rings is 2. The van der Waals surface area contributed by atoms with Gasteiger partial charge in [-0.3, -0.25) is 19.0 Å². The van der Waals surface area contributed by atoms with Crippen molar-refractivity contribution >= 4 is 22.8 Å². The summed E-state index contributed by atoms with van der Waals surface area (Å²) in [4.78, 5) is 37.8. The Morgan fingerprint density at radius 3 is 2.70 bits per heavy atom. The van der Waals surface area contributed by atoms with Crippen molar-refractivity contribution in [1.82, 2.24) is 44.3 Å². The predicted molar refractivity (Wildman–Crippen MR) is 138 cm³/mol. The number of aromatic nitrogens is 9. The minimum absolute atomic E-state index is 0.132. The van der Waals surface area contributed by atoms with Crippen molar-refractivity contribution in [3.8, 4) is 28.5 Å². The Morgan fingerprint density at radius 2 is 1.95 bits per heavy atom. The smallest absolute Gasteiger partial charge is 0.230 e. The largest absolute Gasteiger partial charge is 0.326 e. The second kappa shape index (κ2) is 9.11. The van der Waals surface area contributed by atoms with Crippen LogP contribution in [0, 0.1) is 6.92 Å². The van der Waals surface area contributed by atoms with E-state index in [-0.39, 0.29) is 12.3 Å². The molecule has 6 aromatic rings. The Hall–Kier alpha value is -5.19. The van der Waals surface area contributed by atoms with Gasteiger partial charge in [0.1, 0.15) is 18.5 Å². The van der Waals surface area contributed by atoms with Crippen LogP contribution in [0.2, 0.25) is 0 Å². The molecule has 0 saturated carbocycles. The molecule has 182 valence electrons. The molecule has 0 aliphatic carbocycles. The van der Waals surface area contributed by atoms with E-state index in [1.165, 1.54) is 6.33 Å². The highest BCUT2D eigenvalue weighted by Crippen LogP contribution is 2.24. The van der Waals surface area contributed by atoms with Gasteiger partial charge in [-0.2, -0.15) is 5.10 Å². The molecule has 11 heteroatoms. The number of pyridine rings is 1. The van der Waals surface area contributed by atoms with E-state index < -0.39 is 0 Å². The van der Waals surface area contributed by atoms with Gasteiger partial charge in [-0.1, -0.05) is 0 Å². The number of anilines is 1. The third-order valence-corrected chi connectivity index (χ3v) is 5.94. The average molecular weight is 491 g/mol. The third kappa shape index (κ3) is 4.45. The molecule has 0 spiro atoms. The lowest BCUT2D eigenvalue weighted by Crippen LogP contribution is -2.16. The molecule has 0 radical (unpaired) electrons. The van der Waals surface area contributed by atoms with Crippen LogP contribution in [0.4, 0.5) is 5.69 Å². The van der Waals surface area contributed by atoms with Gasteiger partial charge >= 0.3 is 0 Å². The molecule has 1 amide bonds. The molecule has 0 saturated heterocycles. The summed E-state index contributed by atoms with van der Waals surface area (Å²) in [5, 5.41) is 7.45. The Balaban J connectivity index is 1.17. The van der Waals surface area contributed by atoms with Gasteiger partial charge < -0.3 is 10.3 Å². The van der Waals surface area contributed by atoms with E-state index in [1.54, 1.807) is 23.4 Å². The van der Waals surface area contributed by atoms with Crippen molar-refractivity contribution in [2.24, 2.45) is 7.05 Å². The minimum Gasteiger partial charge on any atom is -0.326 e. The lowest BCUT2D eigenvalue weighted by Gasteiger charge is -2.06. The minimum atomic E-state index is -0.132. The van der Waals surface area contributed by atoms with Gasteiger partial charge in [0.15, 0.2) is 17.0 Å². The van der Waals surface area contributed by atoms with Crippen molar-refractivity contribution in [2.75, 3.05) is 5.32 Å². The molecule has 37 heavy (non-hydrogen) atoms. The molecule has 2 N–H and O–H groups in total. The molecule has 11 nitrogen and oxygen atoms in total. The van der Waals surface area contributed by atoms with Gasteiger partial charge in [0.25, 0.3) is 0 Å². The maximum Gasteiger partial charge on any atom is 0.230 e. The van der Waals surface area contributed by atoms with Gasteiger partial charge in [0.05, 0.1) is 17.8 Å². The van der Waals surface area contributed by atoms with E-state index in [1.807, 2.05) is 67.2 Å². The molecule has 5 aromatic heterocycles. The number of fused-ring (bicyclic) bond motifs is 1. The number of hydrogen-bond donors (Lipinski definition) is 2. The molecular formula is C26H22N10O. The van der Waals surface area contributed by atoms with Crippen LogP contribution in [0.25, 0.3) is 39.6 Å². The first-order valence-corrected chi connectivity index (χ1v) is 11.6. The van der Waals surface area contributed by atoms with Gasteiger partial charge in [0, 0.05) is 48.1 Å². The lowest BCUT2D eigenvalue weighted by molar-refractivity contribution is -0.115. The fourth-order valence-electron chi connectivity index (χ4n) is 4.09. The number of aryl methyl sites for hydroxylation is 2. The second-order valence-electron chi connectivity index (χ2n) is 8.59. The number of nitrogens with zero attached hydrogens (tertiary/aromatic N) is 8. The number of aromatic amines is 1. The number of nitrogens with one attached hydrogen (secondary N) is 2. The topological polar surface area (TPSA) is 132 Å². The molecule has 1 aromatic carbocycles.